The second-order valence-corrected chi connectivity index (χ2v) is 13.8. The molecule has 0 unspecified atom stereocenters. The second kappa shape index (κ2) is 18.7. The summed E-state index contributed by atoms with van der Waals surface area (Å²) in [6.45, 7) is 7.16. The number of piperazine rings is 1. The minimum absolute atomic E-state index is 0.156. The molecule has 0 spiro atoms. The van der Waals surface area contributed by atoms with Gasteiger partial charge in [0.2, 0.25) is 10.0 Å². The van der Waals surface area contributed by atoms with Gasteiger partial charge in [0.25, 0.3) is 5.91 Å². The molecule has 0 radical (unpaired) electrons. The Bertz CT molecular complexity index is 1190. The van der Waals surface area contributed by atoms with Crippen LogP contribution >= 0.6 is 11.6 Å². The van der Waals surface area contributed by atoms with Gasteiger partial charge in [-0.05, 0) is 44.8 Å². The minimum Gasteiger partial charge on any atom is -0.496 e. The number of hydrogen-bond acceptors (Lipinski definition) is 8. The summed E-state index contributed by atoms with van der Waals surface area (Å²) in [7, 11) is -1.52. The van der Waals surface area contributed by atoms with Crippen LogP contribution in [0.4, 0.5) is 18.9 Å². The standard InChI is InChI=1S/C27H46ClN5O4S.C2HF3O2/c1-37-26-21-25(29)24(28)20-23(26)27(34)30-22-10-14-31(15-11-22)12-8-6-4-3-5-7-9-13-32-16-18-33(19-17-32)38(2,35)36;3-2(4,5)1(6)7/h20-22H,3-19,29H2,1-2H3,(H,30,34);(H,6,7). The lowest BCUT2D eigenvalue weighted by Gasteiger charge is -2.33. The number of alkyl halides is 3. The van der Waals surface area contributed by atoms with Gasteiger partial charge in [-0.15, -0.1) is 0 Å². The van der Waals surface area contributed by atoms with E-state index in [0.29, 0.717) is 35.1 Å². The van der Waals surface area contributed by atoms with Crippen molar-refractivity contribution in [1.29, 1.82) is 0 Å². The van der Waals surface area contributed by atoms with Crippen molar-refractivity contribution in [2.24, 2.45) is 0 Å². The Labute approximate surface area is 269 Å². The number of hydrogen-bond donors (Lipinski definition) is 3. The van der Waals surface area contributed by atoms with Crippen LogP contribution in [-0.4, -0.2) is 117 Å². The summed E-state index contributed by atoms with van der Waals surface area (Å²) in [6, 6.07) is 3.32. The number of rotatable bonds is 14. The average molecular weight is 686 g/mol. The Morgan fingerprint density at radius 2 is 1.42 bits per heavy atom. The molecule has 0 saturated carbocycles. The molecule has 3 rings (SSSR count). The summed E-state index contributed by atoms with van der Waals surface area (Å²) in [5.74, 6) is -2.49. The number of anilines is 1. The molecular formula is C29H47ClF3N5O6S. The third-order valence-electron chi connectivity index (χ3n) is 7.98. The molecule has 2 heterocycles. The normalized spacial score (nSPS) is 17.4. The van der Waals surface area contributed by atoms with Crippen LogP contribution in [0.2, 0.25) is 5.02 Å². The van der Waals surface area contributed by atoms with Gasteiger partial charge in [-0.3, -0.25) is 4.79 Å². The molecule has 2 saturated heterocycles. The molecule has 1 aromatic rings. The molecular weight excluding hydrogens is 639 g/mol. The molecule has 16 heteroatoms. The molecule has 0 aromatic heterocycles. The number of piperidine rings is 1. The second-order valence-electron chi connectivity index (χ2n) is 11.4. The van der Waals surface area contributed by atoms with E-state index in [9.17, 15) is 26.4 Å². The van der Waals surface area contributed by atoms with Gasteiger partial charge in [0.15, 0.2) is 0 Å². The summed E-state index contributed by atoms with van der Waals surface area (Å²) in [5.41, 5.74) is 6.64. The Balaban J connectivity index is 0.000000900. The highest BCUT2D eigenvalue weighted by Gasteiger charge is 2.38. The lowest BCUT2D eigenvalue weighted by atomic mass is 10.0. The van der Waals surface area contributed by atoms with Gasteiger partial charge in [0, 0.05) is 51.4 Å². The van der Waals surface area contributed by atoms with Crippen molar-refractivity contribution in [1.82, 2.24) is 19.4 Å². The molecule has 11 nitrogen and oxygen atoms in total. The number of carboxylic acids is 1. The zero-order valence-electron chi connectivity index (χ0n) is 26.1. The van der Waals surface area contributed by atoms with E-state index in [0.717, 1.165) is 52.1 Å². The van der Waals surface area contributed by atoms with Crippen LogP contribution in [-0.2, 0) is 14.8 Å². The molecule has 45 heavy (non-hydrogen) atoms. The van der Waals surface area contributed by atoms with Crippen molar-refractivity contribution < 1.29 is 41.0 Å². The number of carbonyl (C=O) groups excluding carboxylic acids is 1. The van der Waals surface area contributed by atoms with E-state index in [4.69, 9.17) is 32.0 Å². The first-order valence-corrected chi connectivity index (χ1v) is 17.5. The Morgan fingerprint density at radius 3 is 1.87 bits per heavy atom. The highest BCUT2D eigenvalue weighted by atomic mass is 35.5. The van der Waals surface area contributed by atoms with Crippen molar-refractivity contribution >= 4 is 39.2 Å². The number of carbonyl (C=O) groups is 2. The number of halogens is 4. The smallest absolute Gasteiger partial charge is 0.490 e. The van der Waals surface area contributed by atoms with Gasteiger partial charge in [0.1, 0.15) is 5.75 Å². The predicted molar refractivity (Wildman–Crippen MR) is 168 cm³/mol. The number of unbranched alkanes of at least 4 members (excludes halogenated alkanes) is 6. The molecule has 4 N–H and O–H groups in total. The third-order valence-corrected chi connectivity index (χ3v) is 9.61. The summed E-state index contributed by atoms with van der Waals surface area (Å²) < 4.78 is 61.8. The van der Waals surface area contributed by atoms with Gasteiger partial charge in [-0.1, -0.05) is 43.7 Å². The fourth-order valence-corrected chi connectivity index (χ4v) is 6.31. The quantitative estimate of drug-likeness (QED) is 0.195. The van der Waals surface area contributed by atoms with E-state index in [1.807, 2.05) is 0 Å². The molecule has 2 fully saturated rings. The molecule has 2 aliphatic rings. The van der Waals surface area contributed by atoms with Crippen molar-refractivity contribution in [3.05, 3.63) is 22.7 Å². The largest absolute Gasteiger partial charge is 0.496 e. The first-order valence-electron chi connectivity index (χ1n) is 15.3. The lowest BCUT2D eigenvalue weighted by Crippen LogP contribution is -2.48. The number of carboxylic acid groups (broad SMARTS) is 1. The number of methoxy groups -OCH3 is 1. The lowest BCUT2D eigenvalue weighted by molar-refractivity contribution is -0.192. The zero-order chi connectivity index (χ0) is 33.6. The van der Waals surface area contributed by atoms with E-state index >= 15 is 0 Å². The summed E-state index contributed by atoms with van der Waals surface area (Å²) >= 11 is 6.11. The van der Waals surface area contributed by atoms with Crippen LogP contribution in [0.15, 0.2) is 12.1 Å². The van der Waals surface area contributed by atoms with Crippen molar-refractivity contribution in [3.63, 3.8) is 0 Å². The molecule has 258 valence electrons. The highest BCUT2D eigenvalue weighted by molar-refractivity contribution is 7.88. The molecule has 0 bridgehead atoms. The highest BCUT2D eigenvalue weighted by Crippen LogP contribution is 2.29. The number of nitrogens with two attached hydrogens (primary N) is 1. The molecule has 0 aliphatic carbocycles. The van der Waals surface area contributed by atoms with Gasteiger partial charge in [-0.25, -0.2) is 13.2 Å². The molecule has 1 amide bonds. The maximum atomic E-state index is 12.8. The van der Waals surface area contributed by atoms with Crippen LogP contribution in [0.25, 0.3) is 0 Å². The SMILES string of the molecule is COc1cc(N)c(Cl)cc1C(=O)NC1CCN(CCCCCCCCCN2CCN(S(C)(=O)=O)CC2)CC1.O=C(O)C(F)(F)F. The van der Waals surface area contributed by atoms with Crippen LogP contribution in [0, 0.1) is 0 Å². The number of benzene rings is 1. The number of ether oxygens (including phenoxy) is 1. The van der Waals surface area contributed by atoms with E-state index in [2.05, 4.69) is 15.1 Å². The number of nitrogens with zero attached hydrogens (tertiary/aromatic N) is 3. The molecule has 2 aliphatic heterocycles. The van der Waals surface area contributed by atoms with Crippen LogP contribution in [0.1, 0.15) is 68.1 Å². The van der Waals surface area contributed by atoms with Crippen LogP contribution in [0.3, 0.4) is 0 Å². The topological polar surface area (TPSA) is 146 Å². The number of nitrogen functional groups attached to an aromatic ring is 1. The maximum absolute atomic E-state index is 12.8. The number of likely N-dealkylation sites (tertiary alicyclic amines) is 1. The van der Waals surface area contributed by atoms with E-state index in [1.165, 1.54) is 58.3 Å². The number of aliphatic carboxylic acids is 1. The van der Waals surface area contributed by atoms with Gasteiger partial charge >= 0.3 is 12.1 Å². The molecule has 1 aromatic carbocycles. The van der Waals surface area contributed by atoms with Gasteiger partial charge in [-0.2, -0.15) is 17.5 Å². The van der Waals surface area contributed by atoms with E-state index in [-0.39, 0.29) is 11.9 Å². The maximum Gasteiger partial charge on any atom is 0.490 e. The first-order chi connectivity index (χ1) is 21.1. The monoisotopic (exact) mass is 685 g/mol. The van der Waals surface area contributed by atoms with Crippen LogP contribution in [0.5, 0.6) is 5.75 Å². The van der Waals surface area contributed by atoms with Crippen LogP contribution < -0.4 is 15.8 Å². The predicted octanol–water partition coefficient (Wildman–Crippen LogP) is 4.07. The Kier molecular flexibility index (Phi) is 16.2. The van der Waals surface area contributed by atoms with E-state index in [1.54, 1.807) is 16.4 Å². The fraction of sp³-hybridized carbons (Fsp3) is 0.724. The zero-order valence-corrected chi connectivity index (χ0v) is 27.7. The number of amides is 1. The summed E-state index contributed by atoms with van der Waals surface area (Å²) in [5, 5.41) is 10.6. The van der Waals surface area contributed by atoms with Crippen molar-refractivity contribution in [2.75, 3.05) is 71.5 Å². The fourth-order valence-electron chi connectivity index (χ4n) is 5.32. The number of sulfonamides is 1. The Morgan fingerprint density at radius 1 is 0.956 bits per heavy atom. The van der Waals surface area contributed by atoms with Gasteiger partial charge in [0.05, 0.1) is 29.6 Å². The van der Waals surface area contributed by atoms with Crippen molar-refractivity contribution in [2.45, 2.75) is 70.0 Å². The molecule has 0 atom stereocenters. The summed E-state index contributed by atoms with van der Waals surface area (Å²) in [6.07, 6.45) is 6.89. The number of nitrogens with one attached hydrogen (secondary N) is 1. The third kappa shape index (κ3) is 14.3. The Hall–Kier alpha value is -2.33. The summed E-state index contributed by atoms with van der Waals surface area (Å²) in [4.78, 5) is 26.6. The van der Waals surface area contributed by atoms with Crippen molar-refractivity contribution in [3.8, 4) is 5.75 Å². The average Bonchev–Trinajstić information content (AvgIpc) is 2.97. The minimum atomic E-state index is -5.08. The first kappa shape index (κ1) is 38.9. The van der Waals surface area contributed by atoms with E-state index < -0.39 is 22.2 Å². The van der Waals surface area contributed by atoms with Gasteiger partial charge < -0.3 is 30.7 Å².